The summed E-state index contributed by atoms with van der Waals surface area (Å²) in [7, 11) is 0. The number of hydrogen-bond acceptors (Lipinski definition) is 4. The molecule has 0 spiro atoms. The summed E-state index contributed by atoms with van der Waals surface area (Å²) in [6.07, 6.45) is 1.71. The fourth-order valence-electron chi connectivity index (χ4n) is 2.42. The van der Waals surface area contributed by atoms with Crippen LogP contribution in [0.4, 0.5) is 10.2 Å². The van der Waals surface area contributed by atoms with E-state index in [2.05, 4.69) is 27.2 Å². The van der Waals surface area contributed by atoms with Gasteiger partial charge in [-0.15, -0.1) is 6.58 Å². The minimum absolute atomic E-state index is 0.248. The zero-order valence-electron chi connectivity index (χ0n) is 14.7. The molecule has 1 amide bonds. The molecule has 0 fully saturated rings. The summed E-state index contributed by atoms with van der Waals surface area (Å²) < 4.78 is 13.0. The summed E-state index contributed by atoms with van der Waals surface area (Å²) in [4.78, 5) is 21.4. The van der Waals surface area contributed by atoms with Gasteiger partial charge in [0.05, 0.1) is 0 Å². The SMILES string of the molecule is C=CCNc1cc(C(=O)NCc2ccc(F)cc2)nc(-c2ccccc2)n1. The Balaban J connectivity index is 1.82. The quantitative estimate of drug-likeness (QED) is 0.627. The first kappa shape index (κ1) is 18.3. The fraction of sp³-hybridized carbons (Fsp3) is 0.0952. The number of aromatic nitrogens is 2. The van der Waals surface area contributed by atoms with E-state index in [1.54, 1.807) is 24.3 Å². The minimum atomic E-state index is -0.333. The number of nitrogens with one attached hydrogen (secondary N) is 2. The molecule has 0 saturated heterocycles. The molecule has 2 N–H and O–H groups in total. The third-order valence-corrected chi connectivity index (χ3v) is 3.78. The van der Waals surface area contributed by atoms with Crippen LogP contribution < -0.4 is 10.6 Å². The van der Waals surface area contributed by atoms with E-state index in [-0.39, 0.29) is 24.0 Å². The van der Waals surface area contributed by atoms with Crippen molar-refractivity contribution in [2.24, 2.45) is 0 Å². The Morgan fingerprint density at radius 3 is 2.52 bits per heavy atom. The minimum Gasteiger partial charge on any atom is -0.366 e. The molecule has 0 radical (unpaired) electrons. The maximum absolute atomic E-state index is 13.0. The van der Waals surface area contributed by atoms with E-state index < -0.39 is 0 Å². The average Bonchev–Trinajstić information content (AvgIpc) is 2.72. The summed E-state index contributed by atoms with van der Waals surface area (Å²) in [6.45, 7) is 4.46. The van der Waals surface area contributed by atoms with Crippen molar-refractivity contribution in [3.05, 3.63) is 90.4 Å². The highest BCUT2D eigenvalue weighted by molar-refractivity contribution is 5.93. The lowest BCUT2D eigenvalue weighted by Gasteiger charge is -2.10. The van der Waals surface area contributed by atoms with Gasteiger partial charge in [-0.1, -0.05) is 48.5 Å². The number of hydrogen-bond donors (Lipinski definition) is 2. The van der Waals surface area contributed by atoms with E-state index in [0.717, 1.165) is 11.1 Å². The van der Waals surface area contributed by atoms with Gasteiger partial charge < -0.3 is 10.6 Å². The molecule has 0 unspecified atom stereocenters. The molecule has 2 aromatic carbocycles. The van der Waals surface area contributed by atoms with Gasteiger partial charge in [0.1, 0.15) is 17.3 Å². The molecule has 0 bridgehead atoms. The number of nitrogens with zero attached hydrogens (tertiary/aromatic N) is 2. The molecule has 3 aromatic rings. The topological polar surface area (TPSA) is 66.9 Å². The average molecular weight is 362 g/mol. The van der Waals surface area contributed by atoms with Crippen LogP contribution in [0.5, 0.6) is 0 Å². The van der Waals surface area contributed by atoms with Crippen LogP contribution in [0.15, 0.2) is 73.3 Å². The van der Waals surface area contributed by atoms with Gasteiger partial charge in [0, 0.05) is 24.7 Å². The summed E-state index contributed by atoms with van der Waals surface area (Å²) in [5, 5.41) is 5.89. The smallest absolute Gasteiger partial charge is 0.270 e. The number of anilines is 1. The van der Waals surface area contributed by atoms with Gasteiger partial charge >= 0.3 is 0 Å². The second kappa shape index (κ2) is 8.71. The Morgan fingerprint density at radius 1 is 1.07 bits per heavy atom. The Kier molecular flexibility index (Phi) is 5.89. The van der Waals surface area contributed by atoms with Crippen molar-refractivity contribution in [2.75, 3.05) is 11.9 Å². The van der Waals surface area contributed by atoms with Crippen molar-refractivity contribution in [3.63, 3.8) is 0 Å². The van der Waals surface area contributed by atoms with E-state index in [4.69, 9.17) is 0 Å². The molecular formula is C21H19FN4O. The lowest BCUT2D eigenvalue weighted by Crippen LogP contribution is -2.24. The van der Waals surface area contributed by atoms with Crippen molar-refractivity contribution in [2.45, 2.75) is 6.54 Å². The zero-order chi connectivity index (χ0) is 19.1. The highest BCUT2D eigenvalue weighted by Crippen LogP contribution is 2.18. The van der Waals surface area contributed by atoms with E-state index in [0.29, 0.717) is 18.2 Å². The molecular weight excluding hydrogens is 343 g/mol. The Labute approximate surface area is 157 Å². The molecule has 5 nitrogen and oxygen atoms in total. The van der Waals surface area contributed by atoms with Crippen molar-refractivity contribution in [1.29, 1.82) is 0 Å². The van der Waals surface area contributed by atoms with Crippen LogP contribution in [-0.4, -0.2) is 22.4 Å². The van der Waals surface area contributed by atoms with Crippen LogP contribution in [0.1, 0.15) is 16.1 Å². The predicted octanol–water partition coefficient (Wildman–Crippen LogP) is 3.81. The number of amides is 1. The van der Waals surface area contributed by atoms with Crippen LogP contribution in [0.25, 0.3) is 11.4 Å². The second-order valence-electron chi connectivity index (χ2n) is 5.81. The normalized spacial score (nSPS) is 10.3. The molecule has 1 aromatic heterocycles. The maximum Gasteiger partial charge on any atom is 0.270 e. The summed E-state index contributed by atoms with van der Waals surface area (Å²) in [5.41, 5.74) is 1.86. The number of halogens is 1. The van der Waals surface area contributed by atoms with E-state index in [9.17, 15) is 9.18 Å². The van der Waals surface area contributed by atoms with Crippen LogP contribution in [0, 0.1) is 5.82 Å². The number of rotatable bonds is 7. The Bertz CT molecular complexity index is 927. The molecule has 136 valence electrons. The zero-order valence-corrected chi connectivity index (χ0v) is 14.7. The first-order valence-corrected chi connectivity index (χ1v) is 8.47. The molecule has 0 saturated carbocycles. The second-order valence-corrected chi connectivity index (χ2v) is 5.81. The van der Waals surface area contributed by atoms with Gasteiger partial charge in [0.25, 0.3) is 5.91 Å². The standard InChI is InChI=1S/C21H19FN4O/c1-2-12-23-19-13-18(25-20(26-19)16-6-4-3-5-7-16)21(27)24-14-15-8-10-17(22)11-9-15/h2-11,13H,1,12,14H2,(H,24,27)(H,23,25,26). The largest absolute Gasteiger partial charge is 0.366 e. The summed E-state index contributed by atoms with van der Waals surface area (Å²) in [6, 6.07) is 17.0. The van der Waals surface area contributed by atoms with Crippen molar-refractivity contribution >= 4 is 11.7 Å². The van der Waals surface area contributed by atoms with Crippen molar-refractivity contribution in [1.82, 2.24) is 15.3 Å². The highest BCUT2D eigenvalue weighted by Gasteiger charge is 2.13. The molecule has 27 heavy (non-hydrogen) atoms. The van der Waals surface area contributed by atoms with E-state index >= 15 is 0 Å². The van der Waals surface area contributed by atoms with E-state index in [1.165, 1.54) is 12.1 Å². The molecule has 0 atom stereocenters. The number of carbonyl (C=O) groups is 1. The van der Waals surface area contributed by atoms with Gasteiger partial charge in [0.15, 0.2) is 5.82 Å². The molecule has 1 heterocycles. The monoisotopic (exact) mass is 362 g/mol. The van der Waals surface area contributed by atoms with Gasteiger partial charge in [-0.3, -0.25) is 4.79 Å². The first-order valence-electron chi connectivity index (χ1n) is 8.47. The third kappa shape index (κ3) is 4.98. The van der Waals surface area contributed by atoms with Crippen LogP contribution >= 0.6 is 0 Å². The Hall–Kier alpha value is -3.54. The first-order chi connectivity index (χ1) is 13.2. The third-order valence-electron chi connectivity index (χ3n) is 3.78. The lowest BCUT2D eigenvalue weighted by molar-refractivity contribution is 0.0946. The van der Waals surface area contributed by atoms with Gasteiger partial charge in [-0.25, -0.2) is 14.4 Å². The number of benzene rings is 2. The van der Waals surface area contributed by atoms with Gasteiger partial charge in [-0.2, -0.15) is 0 Å². The molecule has 3 rings (SSSR count). The summed E-state index contributed by atoms with van der Waals surface area (Å²) >= 11 is 0. The van der Waals surface area contributed by atoms with Crippen LogP contribution in [-0.2, 0) is 6.54 Å². The molecule has 0 aliphatic rings. The Morgan fingerprint density at radius 2 is 1.81 bits per heavy atom. The molecule has 0 aliphatic heterocycles. The fourth-order valence-corrected chi connectivity index (χ4v) is 2.42. The van der Waals surface area contributed by atoms with Gasteiger partial charge in [-0.05, 0) is 17.7 Å². The molecule has 0 aliphatic carbocycles. The molecule has 6 heteroatoms. The number of carbonyl (C=O) groups excluding carboxylic acids is 1. The predicted molar refractivity (Wildman–Crippen MR) is 104 cm³/mol. The van der Waals surface area contributed by atoms with Crippen molar-refractivity contribution < 1.29 is 9.18 Å². The van der Waals surface area contributed by atoms with Gasteiger partial charge in [0.2, 0.25) is 0 Å². The van der Waals surface area contributed by atoms with Crippen LogP contribution in [0.3, 0.4) is 0 Å². The maximum atomic E-state index is 13.0. The highest BCUT2D eigenvalue weighted by atomic mass is 19.1. The lowest BCUT2D eigenvalue weighted by atomic mass is 10.2. The van der Waals surface area contributed by atoms with Crippen LogP contribution in [0.2, 0.25) is 0 Å². The van der Waals surface area contributed by atoms with E-state index in [1.807, 2.05) is 30.3 Å². The summed E-state index contributed by atoms with van der Waals surface area (Å²) in [5.74, 6) is 0.346. The van der Waals surface area contributed by atoms with Crippen molar-refractivity contribution in [3.8, 4) is 11.4 Å².